The summed E-state index contributed by atoms with van der Waals surface area (Å²) in [4.78, 5) is 2.65. The molecule has 0 N–H and O–H groups in total. The molecule has 16 heavy (non-hydrogen) atoms. The Morgan fingerprint density at radius 1 is 1.06 bits per heavy atom. The summed E-state index contributed by atoms with van der Waals surface area (Å²) in [6.45, 7) is 1.32. The SMILES string of the molecule is CN(CC1(CBr)CCCCCC1)C1CCC1. The monoisotopic (exact) mass is 287 g/mol. The van der Waals surface area contributed by atoms with Crippen molar-refractivity contribution < 1.29 is 0 Å². The van der Waals surface area contributed by atoms with Gasteiger partial charge in [-0.3, -0.25) is 0 Å². The topological polar surface area (TPSA) is 3.24 Å². The van der Waals surface area contributed by atoms with Gasteiger partial charge in [0, 0.05) is 17.9 Å². The summed E-state index contributed by atoms with van der Waals surface area (Å²) in [6.07, 6.45) is 13.0. The van der Waals surface area contributed by atoms with Crippen molar-refractivity contribution in [2.24, 2.45) is 5.41 Å². The summed E-state index contributed by atoms with van der Waals surface area (Å²) in [6, 6.07) is 0.902. The van der Waals surface area contributed by atoms with Crippen LogP contribution in [0.1, 0.15) is 57.8 Å². The van der Waals surface area contributed by atoms with Crippen LogP contribution in [0.2, 0.25) is 0 Å². The number of nitrogens with zero attached hydrogens (tertiary/aromatic N) is 1. The predicted molar refractivity (Wildman–Crippen MR) is 74.2 cm³/mol. The maximum atomic E-state index is 3.79. The predicted octanol–water partition coefficient (Wildman–Crippen LogP) is 4.21. The molecule has 0 unspecified atom stereocenters. The molecule has 0 atom stereocenters. The highest BCUT2D eigenvalue weighted by Crippen LogP contribution is 2.38. The van der Waals surface area contributed by atoms with Crippen molar-refractivity contribution in [2.75, 3.05) is 18.9 Å². The Bertz CT molecular complexity index is 205. The molecular formula is C14H26BrN. The highest BCUT2D eigenvalue weighted by Gasteiger charge is 2.33. The van der Waals surface area contributed by atoms with Crippen LogP contribution in [0.4, 0.5) is 0 Å². The second kappa shape index (κ2) is 5.86. The first-order chi connectivity index (χ1) is 7.76. The van der Waals surface area contributed by atoms with Gasteiger partial charge in [-0.25, -0.2) is 0 Å². The molecule has 0 aromatic carbocycles. The van der Waals surface area contributed by atoms with Crippen molar-refractivity contribution in [3.8, 4) is 0 Å². The Labute approximate surface area is 109 Å². The van der Waals surface area contributed by atoms with Crippen LogP contribution in [0.15, 0.2) is 0 Å². The summed E-state index contributed by atoms with van der Waals surface area (Å²) in [5, 5.41) is 1.21. The third-order valence-electron chi connectivity index (χ3n) is 4.73. The molecule has 2 aliphatic rings. The first kappa shape index (κ1) is 12.9. The summed E-state index contributed by atoms with van der Waals surface area (Å²) in [5.41, 5.74) is 0.584. The van der Waals surface area contributed by atoms with Crippen molar-refractivity contribution in [3.05, 3.63) is 0 Å². The second-order valence-electron chi connectivity index (χ2n) is 6.05. The van der Waals surface area contributed by atoms with E-state index in [0.717, 1.165) is 6.04 Å². The van der Waals surface area contributed by atoms with Gasteiger partial charge >= 0.3 is 0 Å². The molecular weight excluding hydrogens is 262 g/mol. The average Bonchev–Trinajstić information content (AvgIpc) is 2.41. The molecule has 0 aromatic heterocycles. The van der Waals surface area contributed by atoms with Crippen LogP contribution in [-0.4, -0.2) is 29.9 Å². The Hall–Kier alpha value is 0.440. The fraction of sp³-hybridized carbons (Fsp3) is 1.00. The molecule has 2 saturated carbocycles. The lowest BCUT2D eigenvalue weighted by Crippen LogP contribution is -2.44. The molecule has 0 radical (unpaired) electrons. The van der Waals surface area contributed by atoms with Gasteiger partial charge in [0.1, 0.15) is 0 Å². The molecule has 2 aliphatic carbocycles. The van der Waals surface area contributed by atoms with Gasteiger partial charge in [0.05, 0.1) is 0 Å². The van der Waals surface area contributed by atoms with Crippen LogP contribution in [0.3, 0.4) is 0 Å². The van der Waals surface area contributed by atoms with Crippen molar-refractivity contribution >= 4 is 15.9 Å². The third-order valence-corrected chi connectivity index (χ3v) is 5.92. The van der Waals surface area contributed by atoms with Gasteiger partial charge < -0.3 is 4.90 Å². The molecule has 0 amide bonds. The van der Waals surface area contributed by atoms with E-state index in [1.54, 1.807) is 0 Å². The Kier molecular flexibility index (Phi) is 4.72. The van der Waals surface area contributed by atoms with Crippen molar-refractivity contribution in [1.82, 2.24) is 4.90 Å². The number of hydrogen-bond donors (Lipinski definition) is 0. The second-order valence-corrected chi connectivity index (χ2v) is 6.61. The highest BCUT2D eigenvalue weighted by molar-refractivity contribution is 9.09. The first-order valence-electron chi connectivity index (χ1n) is 7.02. The number of rotatable bonds is 4. The molecule has 2 heteroatoms. The van der Waals surface area contributed by atoms with E-state index >= 15 is 0 Å². The lowest BCUT2D eigenvalue weighted by Gasteiger charge is -2.41. The zero-order valence-corrected chi connectivity index (χ0v) is 12.3. The van der Waals surface area contributed by atoms with Gasteiger partial charge in [-0.2, -0.15) is 0 Å². The number of hydrogen-bond acceptors (Lipinski definition) is 1. The van der Waals surface area contributed by atoms with E-state index in [1.165, 1.54) is 69.7 Å². The lowest BCUT2D eigenvalue weighted by molar-refractivity contribution is 0.0952. The van der Waals surface area contributed by atoms with Crippen LogP contribution in [0.25, 0.3) is 0 Å². The normalized spacial score (nSPS) is 26.4. The van der Waals surface area contributed by atoms with Gasteiger partial charge in [0.15, 0.2) is 0 Å². The van der Waals surface area contributed by atoms with Crippen LogP contribution < -0.4 is 0 Å². The molecule has 0 aromatic rings. The maximum Gasteiger partial charge on any atom is 0.0100 e. The van der Waals surface area contributed by atoms with E-state index < -0.39 is 0 Å². The average molecular weight is 288 g/mol. The molecule has 0 spiro atoms. The van der Waals surface area contributed by atoms with Gasteiger partial charge in [-0.1, -0.05) is 48.0 Å². The van der Waals surface area contributed by atoms with E-state index in [9.17, 15) is 0 Å². The van der Waals surface area contributed by atoms with E-state index in [0.29, 0.717) is 5.41 Å². The quantitative estimate of drug-likeness (QED) is 0.553. The molecule has 94 valence electrons. The van der Waals surface area contributed by atoms with Gasteiger partial charge in [-0.15, -0.1) is 0 Å². The molecule has 0 bridgehead atoms. The highest BCUT2D eigenvalue weighted by atomic mass is 79.9. The van der Waals surface area contributed by atoms with Crippen molar-refractivity contribution in [2.45, 2.75) is 63.8 Å². The number of halogens is 1. The van der Waals surface area contributed by atoms with E-state index in [1.807, 2.05) is 0 Å². The largest absolute Gasteiger partial charge is 0.303 e. The fourth-order valence-electron chi connectivity index (χ4n) is 3.30. The standard InChI is InChI=1S/C14H26BrN/c1-16(13-7-6-8-13)12-14(11-15)9-4-2-3-5-10-14/h13H,2-12H2,1H3. The fourth-order valence-corrected chi connectivity index (χ4v) is 4.04. The molecule has 0 saturated heterocycles. The van der Waals surface area contributed by atoms with Crippen LogP contribution in [-0.2, 0) is 0 Å². The zero-order chi connectivity index (χ0) is 11.4. The van der Waals surface area contributed by atoms with Crippen LogP contribution in [0, 0.1) is 5.41 Å². The minimum atomic E-state index is 0.584. The van der Waals surface area contributed by atoms with E-state index in [4.69, 9.17) is 0 Å². The molecule has 2 fully saturated rings. The smallest absolute Gasteiger partial charge is 0.0100 e. The minimum absolute atomic E-state index is 0.584. The van der Waals surface area contributed by atoms with E-state index in [-0.39, 0.29) is 0 Å². The Morgan fingerprint density at radius 3 is 2.12 bits per heavy atom. The maximum absolute atomic E-state index is 3.79. The van der Waals surface area contributed by atoms with E-state index in [2.05, 4.69) is 27.9 Å². The summed E-state index contributed by atoms with van der Waals surface area (Å²) in [5.74, 6) is 0. The Morgan fingerprint density at radius 2 is 1.69 bits per heavy atom. The van der Waals surface area contributed by atoms with Crippen molar-refractivity contribution in [3.63, 3.8) is 0 Å². The molecule has 0 heterocycles. The summed E-state index contributed by atoms with van der Waals surface area (Å²) >= 11 is 3.79. The van der Waals surface area contributed by atoms with Crippen LogP contribution in [0.5, 0.6) is 0 Å². The molecule has 2 rings (SSSR count). The van der Waals surface area contributed by atoms with Crippen LogP contribution >= 0.6 is 15.9 Å². The minimum Gasteiger partial charge on any atom is -0.303 e. The van der Waals surface area contributed by atoms with Gasteiger partial charge in [0.2, 0.25) is 0 Å². The van der Waals surface area contributed by atoms with Gasteiger partial charge in [-0.05, 0) is 38.1 Å². The zero-order valence-electron chi connectivity index (χ0n) is 10.7. The van der Waals surface area contributed by atoms with Crippen molar-refractivity contribution in [1.29, 1.82) is 0 Å². The Balaban J connectivity index is 1.90. The number of alkyl halides is 1. The summed E-state index contributed by atoms with van der Waals surface area (Å²) < 4.78 is 0. The molecule has 0 aliphatic heterocycles. The lowest BCUT2D eigenvalue weighted by atomic mass is 9.80. The first-order valence-corrected chi connectivity index (χ1v) is 8.14. The third kappa shape index (κ3) is 3.01. The summed E-state index contributed by atoms with van der Waals surface area (Å²) in [7, 11) is 2.35. The van der Waals surface area contributed by atoms with Gasteiger partial charge in [0.25, 0.3) is 0 Å². The molecule has 1 nitrogen and oxygen atoms in total.